The second kappa shape index (κ2) is 6.61. The largest absolute Gasteiger partial charge is 0.364 e. The first kappa shape index (κ1) is 16.7. The van der Waals surface area contributed by atoms with E-state index in [1.54, 1.807) is 0 Å². The van der Waals surface area contributed by atoms with Crippen molar-refractivity contribution in [3.05, 3.63) is 71.8 Å². The number of benzene rings is 2. The summed E-state index contributed by atoms with van der Waals surface area (Å²) in [5.41, 5.74) is 2.28. The standard InChI is InChI=1S/C23H23NO3/c25-22-17-12-7-13-18(17)23(26)24(22)14-19(15-8-3-1-4-9-15)21-20(27-21)16-10-5-2-6-11-16/h1-6,8-11,17-21H,7,12-14H2. The number of nitrogens with zero attached hydrogens (tertiary/aromatic N) is 1. The number of hydrogen-bond acceptors (Lipinski definition) is 3. The number of carbonyl (C=O) groups is 2. The molecule has 5 rings (SSSR count). The van der Waals surface area contributed by atoms with Crippen LogP contribution >= 0.6 is 0 Å². The highest BCUT2D eigenvalue weighted by molar-refractivity contribution is 6.05. The third kappa shape index (κ3) is 2.88. The highest BCUT2D eigenvalue weighted by Gasteiger charge is 2.53. The molecule has 0 aromatic heterocycles. The van der Waals surface area contributed by atoms with Gasteiger partial charge in [-0.2, -0.15) is 0 Å². The van der Waals surface area contributed by atoms with Crippen molar-refractivity contribution in [1.29, 1.82) is 0 Å². The van der Waals surface area contributed by atoms with E-state index in [0.29, 0.717) is 6.54 Å². The summed E-state index contributed by atoms with van der Waals surface area (Å²) in [6.07, 6.45) is 2.73. The Morgan fingerprint density at radius 1 is 0.889 bits per heavy atom. The first-order chi connectivity index (χ1) is 13.2. The monoisotopic (exact) mass is 361 g/mol. The van der Waals surface area contributed by atoms with Gasteiger partial charge in [-0.1, -0.05) is 67.1 Å². The molecule has 0 N–H and O–H groups in total. The second-order valence-corrected chi connectivity index (χ2v) is 7.88. The summed E-state index contributed by atoms with van der Waals surface area (Å²) in [6.45, 7) is 0.419. The van der Waals surface area contributed by atoms with E-state index in [0.717, 1.165) is 30.4 Å². The average Bonchev–Trinajstić information content (AvgIpc) is 3.28. The molecule has 0 bridgehead atoms. The maximum Gasteiger partial charge on any atom is 0.233 e. The lowest BCUT2D eigenvalue weighted by Gasteiger charge is -2.23. The summed E-state index contributed by atoms with van der Waals surface area (Å²) in [6, 6.07) is 20.3. The molecule has 27 heavy (non-hydrogen) atoms. The lowest BCUT2D eigenvalue weighted by atomic mass is 9.91. The van der Waals surface area contributed by atoms with Crippen molar-refractivity contribution < 1.29 is 14.3 Å². The number of likely N-dealkylation sites (tertiary alicyclic amines) is 1. The van der Waals surface area contributed by atoms with Gasteiger partial charge in [-0.3, -0.25) is 14.5 Å². The molecule has 3 aliphatic rings. The highest BCUT2D eigenvalue weighted by atomic mass is 16.6. The van der Waals surface area contributed by atoms with Crippen molar-refractivity contribution in [3.8, 4) is 0 Å². The zero-order valence-electron chi connectivity index (χ0n) is 15.2. The molecule has 5 atom stereocenters. The molecule has 2 heterocycles. The minimum Gasteiger partial charge on any atom is -0.364 e. The number of ether oxygens (including phenoxy) is 1. The highest BCUT2D eigenvalue weighted by Crippen LogP contribution is 2.48. The van der Waals surface area contributed by atoms with Crippen LogP contribution in [-0.2, 0) is 14.3 Å². The van der Waals surface area contributed by atoms with E-state index in [-0.39, 0.29) is 41.8 Å². The van der Waals surface area contributed by atoms with Gasteiger partial charge in [0.15, 0.2) is 0 Å². The van der Waals surface area contributed by atoms with E-state index in [9.17, 15) is 9.59 Å². The van der Waals surface area contributed by atoms with Gasteiger partial charge in [-0.05, 0) is 24.0 Å². The molecule has 138 valence electrons. The number of carbonyl (C=O) groups excluding carboxylic acids is 2. The number of rotatable bonds is 5. The van der Waals surface area contributed by atoms with Crippen LogP contribution in [0.5, 0.6) is 0 Å². The van der Waals surface area contributed by atoms with Gasteiger partial charge in [0.05, 0.1) is 17.9 Å². The molecule has 1 aliphatic carbocycles. The molecule has 2 aromatic rings. The summed E-state index contributed by atoms with van der Waals surface area (Å²) in [5.74, 6) is -0.109. The lowest BCUT2D eigenvalue weighted by Crippen LogP contribution is -2.37. The minimum absolute atomic E-state index is 0.00290. The SMILES string of the molecule is O=C1C2CCCC2C(=O)N1CC(c1ccccc1)C1OC1c1ccccc1. The Kier molecular flexibility index (Phi) is 4.09. The fourth-order valence-corrected chi connectivity index (χ4v) is 4.88. The molecule has 1 saturated carbocycles. The van der Waals surface area contributed by atoms with Gasteiger partial charge in [-0.15, -0.1) is 0 Å². The molecular formula is C23H23NO3. The van der Waals surface area contributed by atoms with E-state index in [4.69, 9.17) is 4.74 Å². The predicted molar refractivity (Wildman–Crippen MR) is 101 cm³/mol. The van der Waals surface area contributed by atoms with Crippen molar-refractivity contribution in [2.75, 3.05) is 6.54 Å². The van der Waals surface area contributed by atoms with Crippen LogP contribution in [0.2, 0.25) is 0 Å². The predicted octanol–water partition coefficient (Wildman–Crippen LogP) is 3.70. The van der Waals surface area contributed by atoms with Crippen molar-refractivity contribution in [2.45, 2.75) is 37.4 Å². The molecule has 3 fully saturated rings. The molecule has 2 aliphatic heterocycles. The summed E-state index contributed by atoms with van der Waals surface area (Å²) in [7, 11) is 0. The molecule has 4 heteroatoms. The molecule has 2 amide bonds. The van der Waals surface area contributed by atoms with E-state index in [1.807, 2.05) is 36.4 Å². The first-order valence-electron chi connectivity index (χ1n) is 9.84. The van der Waals surface area contributed by atoms with Gasteiger partial charge in [0.25, 0.3) is 0 Å². The maximum absolute atomic E-state index is 12.8. The van der Waals surface area contributed by atoms with Crippen LogP contribution in [0.3, 0.4) is 0 Å². The summed E-state index contributed by atoms with van der Waals surface area (Å²) >= 11 is 0. The van der Waals surface area contributed by atoms with Crippen LogP contribution in [0.4, 0.5) is 0 Å². The molecule has 2 saturated heterocycles. The lowest BCUT2D eigenvalue weighted by molar-refractivity contribution is -0.140. The molecule has 4 nitrogen and oxygen atoms in total. The van der Waals surface area contributed by atoms with E-state index in [1.165, 1.54) is 4.90 Å². The Labute approximate surface area is 159 Å². The normalized spacial score (nSPS) is 30.4. The molecule has 2 aromatic carbocycles. The Morgan fingerprint density at radius 3 is 2.11 bits per heavy atom. The topological polar surface area (TPSA) is 49.9 Å². The van der Waals surface area contributed by atoms with Crippen LogP contribution in [0, 0.1) is 11.8 Å². The Morgan fingerprint density at radius 2 is 1.48 bits per heavy atom. The second-order valence-electron chi connectivity index (χ2n) is 7.88. The molecule has 0 radical (unpaired) electrons. The molecular weight excluding hydrogens is 338 g/mol. The molecule has 5 unspecified atom stereocenters. The van der Waals surface area contributed by atoms with Gasteiger partial charge < -0.3 is 4.74 Å². The van der Waals surface area contributed by atoms with Crippen molar-refractivity contribution in [3.63, 3.8) is 0 Å². The van der Waals surface area contributed by atoms with E-state index in [2.05, 4.69) is 24.3 Å². The Balaban J connectivity index is 1.41. The smallest absolute Gasteiger partial charge is 0.233 e. The van der Waals surface area contributed by atoms with Crippen molar-refractivity contribution in [1.82, 2.24) is 4.90 Å². The van der Waals surface area contributed by atoms with Gasteiger partial charge >= 0.3 is 0 Å². The Hall–Kier alpha value is -2.46. The maximum atomic E-state index is 12.8. The number of fused-ring (bicyclic) bond motifs is 1. The van der Waals surface area contributed by atoms with Gasteiger partial charge in [0.2, 0.25) is 11.8 Å². The Bertz CT molecular complexity index is 828. The minimum atomic E-state index is -0.0843. The van der Waals surface area contributed by atoms with Gasteiger partial charge in [0.1, 0.15) is 6.10 Å². The third-order valence-electron chi connectivity index (χ3n) is 6.34. The number of hydrogen-bond donors (Lipinski definition) is 0. The van der Waals surface area contributed by atoms with Crippen molar-refractivity contribution >= 4 is 11.8 Å². The quantitative estimate of drug-likeness (QED) is 0.603. The van der Waals surface area contributed by atoms with Crippen LogP contribution in [-0.4, -0.2) is 29.4 Å². The van der Waals surface area contributed by atoms with E-state index >= 15 is 0 Å². The zero-order valence-corrected chi connectivity index (χ0v) is 15.2. The number of amides is 2. The van der Waals surface area contributed by atoms with Crippen LogP contribution in [0.15, 0.2) is 60.7 Å². The average molecular weight is 361 g/mol. The fourth-order valence-electron chi connectivity index (χ4n) is 4.88. The third-order valence-corrected chi connectivity index (χ3v) is 6.34. The molecule has 0 spiro atoms. The fraction of sp³-hybridized carbons (Fsp3) is 0.391. The van der Waals surface area contributed by atoms with E-state index < -0.39 is 0 Å². The van der Waals surface area contributed by atoms with Gasteiger partial charge in [0, 0.05) is 12.5 Å². The summed E-state index contributed by atoms with van der Waals surface area (Å²) < 4.78 is 6.05. The van der Waals surface area contributed by atoms with Gasteiger partial charge in [-0.25, -0.2) is 0 Å². The van der Waals surface area contributed by atoms with Crippen molar-refractivity contribution in [2.24, 2.45) is 11.8 Å². The van der Waals surface area contributed by atoms with Crippen LogP contribution in [0.25, 0.3) is 0 Å². The first-order valence-corrected chi connectivity index (χ1v) is 9.84. The zero-order chi connectivity index (χ0) is 18.4. The summed E-state index contributed by atoms with van der Waals surface area (Å²) in [4.78, 5) is 27.2. The number of epoxide rings is 1. The summed E-state index contributed by atoms with van der Waals surface area (Å²) in [5, 5.41) is 0. The van der Waals surface area contributed by atoms with Crippen LogP contribution in [0.1, 0.15) is 42.4 Å². The van der Waals surface area contributed by atoms with Crippen LogP contribution < -0.4 is 0 Å². The number of imide groups is 1.